The van der Waals surface area contributed by atoms with E-state index in [0.29, 0.717) is 5.82 Å². The van der Waals surface area contributed by atoms with Crippen molar-refractivity contribution >= 4 is 11.0 Å². The first kappa shape index (κ1) is 10.2. The number of para-hydroxylation sites is 2. The fraction of sp³-hybridized carbons (Fsp3) is 0.250. The fourth-order valence-electron chi connectivity index (χ4n) is 1.78. The van der Waals surface area contributed by atoms with Crippen molar-refractivity contribution in [1.29, 1.82) is 10.5 Å². The number of fused-ring (bicyclic) bond motifs is 1. The van der Waals surface area contributed by atoms with Crippen molar-refractivity contribution in [3.8, 4) is 12.1 Å². The highest BCUT2D eigenvalue weighted by molar-refractivity contribution is 5.76. The highest BCUT2D eigenvalue weighted by atomic mass is 15.1. The molecule has 4 heteroatoms. The number of nitrogens with zero attached hydrogens (tertiary/aromatic N) is 4. The van der Waals surface area contributed by atoms with E-state index in [2.05, 4.69) is 17.1 Å². The molecule has 4 nitrogen and oxygen atoms in total. The van der Waals surface area contributed by atoms with Gasteiger partial charge < -0.3 is 4.57 Å². The lowest BCUT2D eigenvalue weighted by atomic mass is 10.3. The molecule has 0 N–H and O–H groups in total. The Hall–Kier alpha value is -2.33. The van der Waals surface area contributed by atoms with Crippen molar-refractivity contribution in [1.82, 2.24) is 9.55 Å². The summed E-state index contributed by atoms with van der Waals surface area (Å²) in [6.07, 6.45) is 0.223. The summed E-state index contributed by atoms with van der Waals surface area (Å²) >= 11 is 0. The molecule has 78 valence electrons. The number of imidazole rings is 1. The lowest BCUT2D eigenvalue weighted by molar-refractivity contribution is 0.661. The van der Waals surface area contributed by atoms with E-state index >= 15 is 0 Å². The largest absolute Gasteiger partial charge is 0.311 e. The molecule has 2 aromatic rings. The molecule has 0 aliphatic rings. The lowest BCUT2D eigenvalue weighted by Crippen LogP contribution is -2.07. The monoisotopic (exact) mass is 210 g/mol. The van der Waals surface area contributed by atoms with Gasteiger partial charge in [0.15, 0.2) is 0 Å². The SMILES string of the molecule is CC(C#N)n1c(CC#N)nc2ccccc21. The third kappa shape index (κ3) is 1.51. The van der Waals surface area contributed by atoms with Crippen LogP contribution in [0.3, 0.4) is 0 Å². The topological polar surface area (TPSA) is 65.4 Å². The molecule has 1 unspecified atom stereocenters. The zero-order valence-corrected chi connectivity index (χ0v) is 8.88. The predicted octanol–water partition coefficient (Wildman–Crippen LogP) is 2.19. The molecule has 1 aromatic carbocycles. The van der Waals surface area contributed by atoms with Crippen LogP contribution in [0.25, 0.3) is 11.0 Å². The van der Waals surface area contributed by atoms with E-state index in [1.807, 2.05) is 28.8 Å². The van der Waals surface area contributed by atoms with Crippen molar-refractivity contribution in [2.24, 2.45) is 0 Å². The van der Waals surface area contributed by atoms with E-state index in [1.165, 1.54) is 0 Å². The molecular formula is C12H10N4. The van der Waals surface area contributed by atoms with Crippen LogP contribution in [0, 0.1) is 22.7 Å². The highest BCUT2D eigenvalue weighted by Gasteiger charge is 2.14. The van der Waals surface area contributed by atoms with Gasteiger partial charge in [-0.2, -0.15) is 10.5 Å². The van der Waals surface area contributed by atoms with Gasteiger partial charge in [-0.05, 0) is 19.1 Å². The first-order chi connectivity index (χ1) is 7.77. The molecule has 0 aliphatic heterocycles. The molecule has 0 spiro atoms. The Morgan fingerprint density at radius 2 is 2.12 bits per heavy atom. The maximum atomic E-state index is 8.98. The van der Waals surface area contributed by atoms with Gasteiger partial charge in [0.05, 0.1) is 29.6 Å². The van der Waals surface area contributed by atoms with Crippen LogP contribution >= 0.6 is 0 Å². The van der Waals surface area contributed by atoms with Gasteiger partial charge in [-0.3, -0.25) is 0 Å². The van der Waals surface area contributed by atoms with Crippen LogP contribution in [-0.4, -0.2) is 9.55 Å². The van der Waals surface area contributed by atoms with Crippen LogP contribution in [-0.2, 0) is 6.42 Å². The first-order valence-corrected chi connectivity index (χ1v) is 5.00. The lowest BCUT2D eigenvalue weighted by Gasteiger charge is -2.08. The summed E-state index contributed by atoms with van der Waals surface area (Å²) in [5.41, 5.74) is 1.73. The van der Waals surface area contributed by atoms with Crippen LogP contribution in [0.4, 0.5) is 0 Å². The minimum Gasteiger partial charge on any atom is -0.311 e. The van der Waals surface area contributed by atoms with E-state index in [9.17, 15) is 0 Å². The van der Waals surface area contributed by atoms with Gasteiger partial charge in [0.1, 0.15) is 11.9 Å². The van der Waals surface area contributed by atoms with Crippen LogP contribution < -0.4 is 0 Å². The summed E-state index contributed by atoms with van der Waals surface area (Å²) in [5.74, 6) is 0.651. The molecule has 0 bridgehead atoms. The van der Waals surface area contributed by atoms with Crippen molar-refractivity contribution < 1.29 is 0 Å². The smallest absolute Gasteiger partial charge is 0.125 e. The second kappa shape index (κ2) is 4.04. The van der Waals surface area contributed by atoms with Gasteiger partial charge in [0, 0.05) is 0 Å². The summed E-state index contributed by atoms with van der Waals surface area (Å²) < 4.78 is 1.82. The zero-order chi connectivity index (χ0) is 11.5. The minimum absolute atomic E-state index is 0.223. The summed E-state index contributed by atoms with van der Waals surface area (Å²) in [7, 11) is 0. The van der Waals surface area contributed by atoms with Crippen LogP contribution in [0.15, 0.2) is 24.3 Å². The second-order valence-electron chi connectivity index (χ2n) is 3.53. The van der Waals surface area contributed by atoms with Gasteiger partial charge in [0.25, 0.3) is 0 Å². The quantitative estimate of drug-likeness (QED) is 0.763. The average molecular weight is 210 g/mol. The molecule has 0 amide bonds. The Bertz CT molecular complexity index is 597. The molecule has 0 aliphatic carbocycles. The van der Waals surface area contributed by atoms with E-state index < -0.39 is 0 Å². The number of rotatable bonds is 2. The third-order valence-electron chi connectivity index (χ3n) is 2.48. The summed E-state index contributed by atoms with van der Waals surface area (Å²) in [4.78, 5) is 4.36. The average Bonchev–Trinajstić information content (AvgIpc) is 2.66. The summed E-state index contributed by atoms with van der Waals surface area (Å²) in [6, 6.07) is 11.5. The Morgan fingerprint density at radius 1 is 1.38 bits per heavy atom. The number of benzene rings is 1. The summed E-state index contributed by atoms with van der Waals surface area (Å²) in [5, 5.41) is 17.7. The van der Waals surface area contributed by atoms with Gasteiger partial charge >= 0.3 is 0 Å². The van der Waals surface area contributed by atoms with E-state index in [1.54, 1.807) is 6.92 Å². The molecule has 2 rings (SSSR count). The number of nitriles is 2. The molecular weight excluding hydrogens is 200 g/mol. The van der Waals surface area contributed by atoms with E-state index in [0.717, 1.165) is 11.0 Å². The highest BCUT2D eigenvalue weighted by Crippen LogP contribution is 2.20. The maximum Gasteiger partial charge on any atom is 0.125 e. The van der Waals surface area contributed by atoms with Crippen molar-refractivity contribution in [2.75, 3.05) is 0 Å². The van der Waals surface area contributed by atoms with E-state index in [-0.39, 0.29) is 12.5 Å². The van der Waals surface area contributed by atoms with Gasteiger partial charge in [-0.15, -0.1) is 0 Å². The molecule has 1 heterocycles. The Kier molecular flexibility index (Phi) is 2.57. The number of aromatic nitrogens is 2. The van der Waals surface area contributed by atoms with Crippen LogP contribution in [0.5, 0.6) is 0 Å². The number of hydrogen-bond donors (Lipinski definition) is 0. The van der Waals surface area contributed by atoms with Crippen LogP contribution in [0.2, 0.25) is 0 Å². The molecule has 1 atom stereocenters. The Labute approximate surface area is 93.4 Å². The van der Waals surface area contributed by atoms with Gasteiger partial charge in [-0.1, -0.05) is 12.1 Å². The Balaban J connectivity index is 2.71. The predicted molar refractivity (Wildman–Crippen MR) is 59.4 cm³/mol. The third-order valence-corrected chi connectivity index (χ3v) is 2.48. The van der Waals surface area contributed by atoms with Crippen molar-refractivity contribution in [3.05, 3.63) is 30.1 Å². The van der Waals surface area contributed by atoms with Gasteiger partial charge in [0.2, 0.25) is 0 Å². The molecule has 0 saturated heterocycles. The molecule has 0 saturated carbocycles. The zero-order valence-electron chi connectivity index (χ0n) is 8.88. The van der Waals surface area contributed by atoms with Crippen molar-refractivity contribution in [2.45, 2.75) is 19.4 Å². The van der Waals surface area contributed by atoms with E-state index in [4.69, 9.17) is 10.5 Å². The minimum atomic E-state index is -0.309. The Morgan fingerprint density at radius 3 is 2.81 bits per heavy atom. The van der Waals surface area contributed by atoms with Crippen molar-refractivity contribution in [3.63, 3.8) is 0 Å². The molecule has 0 radical (unpaired) electrons. The standard InChI is InChI=1S/C12H10N4/c1-9(8-14)16-11-5-3-2-4-10(11)15-12(16)6-7-13/h2-5,9H,6H2,1H3. The fourth-order valence-corrected chi connectivity index (χ4v) is 1.78. The molecule has 16 heavy (non-hydrogen) atoms. The second-order valence-corrected chi connectivity index (χ2v) is 3.53. The normalized spacial score (nSPS) is 11.9. The van der Waals surface area contributed by atoms with Crippen LogP contribution in [0.1, 0.15) is 18.8 Å². The molecule has 0 fully saturated rings. The van der Waals surface area contributed by atoms with Gasteiger partial charge in [-0.25, -0.2) is 4.98 Å². The molecule has 1 aromatic heterocycles. The maximum absolute atomic E-state index is 8.98. The first-order valence-electron chi connectivity index (χ1n) is 5.00. The number of hydrogen-bond acceptors (Lipinski definition) is 3. The summed E-state index contributed by atoms with van der Waals surface area (Å²) in [6.45, 7) is 1.80.